The van der Waals surface area contributed by atoms with Gasteiger partial charge in [0.1, 0.15) is 21.6 Å². The Morgan fingerprint density at radius 2 is 2.00 bits per heavy atom. The van der Waals surface area contributed by atoms with Crippen molar-refractivity contribution in [1.82, 2.24) is 4.72 Å². The van der Waals surface area contributed by atoms with E-state index in [0.717, 1.165) is 15.6 Å². The second kappa shape index (κ2) is 6.39. The van der Waals surface area contributed by atoms with Gasteiger partial charge in [-0.1, -0.05) is 36.4 Å². The van der Waals surface area contributed by atoms with E-state index in [1.165, 1.54) is 0 Å². The fourth-order valence-electron chi connectivity index (χ4n) is 2.20. The summed E-state index contributed by atoms with van der Waals surface area (Å²) in [5.74, 6) is 0.644. The van der Waals surface area contributed by atoms with Crippen molar-refractivity contribution < 1.29 is 8.95 Å². The highest BCUT2D eigenvalue weighted by molar-refractivity contribution is 7.83. The molecule has 0 saturated carbocycles. The van der Waals surface area contributed by atoms with Crippen LogP contribution in [-0.2, 0) is 17.5 Å². The Balaban J connectivity index is 1.95. The Hall–Kier alpha value is -1.69. The van der Waals surface area contributed by atoms with Crippen molar-refractivity contribution in [2.45, 2.75) is 11.4 Å². The monoisotopic (exact) mass is 317 g/mol. The van der Waals surface area contributed by atoms with Crippen LogP contribution in [0.25, 0.3) is 10.8 Å². The number of benzene rings is 2. The smallest absolute Gasteiger partial charge is 0.137 e. The minimum Gasteiger partial charge on any atom is -0.495 e. The van der Waals surface area contributed by atoms with Gasteiger partial charge in [-0.15, -0.1) is 11.3 Å². The molecule has 0 spiro atoms. The lowest BCUT2D eigenvalue weighted by molar-refractivity contribution is 0.405. The molecule has 1 atom stereocenters. The van der Waals surface area contributed by atoms with Gasteiger partial charge in [0, 0.05) is 16.8 Å². The van der Waals surface area contributed by atoms with E-state index in [1.54, 1.807) is 18.4 Å². The van der Waals surface area contributed by atoms with Crippen LogP contribution in [0.1, 0.15) is 4.88 Å². The Morgan fingerprint density at radius 1 is 1.14 bits per heavy atom. The lowest BCUT2D eigenvalue weighted by Gasteiger charge is -2.12. The number of fused-ring (bicyclic) bond motifs is 1. The molecule has 1 aromatic heterocycles. The van der Waals surface area contributed by atoms with Crippen LogP contribution in [-0.4, -0.2) is 11.3 Å². The van der Waals surface area contributed by atoms with Crippen LogP contribution in [0.15, 0.2) is 58.8 Å². The third kappa shape index (κ3) is 3.00. The number of thiophene rings is 1. The molecule has 1 N–H and O–H groups in total. The molecule has 1 heterocycles. The standard InChI is InChI=1S/C16H15NO2S2/c1-19-15-9-8-12-5-2-3-7-14(12)16(15)21(18)17-11-13-6-4-10-20-13/h2-10,17H,11H2,1H3/t21-/m1/s1. The fraction of sp³-hybridized carbons (Fsp3) is 0.125. The Labute approximate surface area is 130 Å². The van der Waals surface area contributed by atoms with Crippen molar-refractivity contribution in [3.05, 3.63) is 58.8 Å². The number of nitrogens with one attached hydrogen (secondary N) is 1. The number of ether oxygens (including phenoxy) is 1. The molecule has 2 aromatic carbocycles. The number of methoxy groups -OCH3 is 1. The van der Waals surface area contributed by atoms with Gasteiger partial charge in [-0.25, -0.2) is 8.93 Å². The van der Waals surface area contributed by atoms with Gasteiger partial charge in [0.05, 0.1) is 7.11 Å². The molecule has 3 nitrogen and oxygen atoms in total. The van der Waals surface area contributed by atoms with Crippen LogP contribution in [0.4, 0.5) is 0 Å². The Bertz CT molecular complexity index is 769. The second-order valence-corrected chi connectivity index (χ2v) is 6.75. The number of hydrogen-bond acceptors (Lipinski definition) is 3. The highest BCUT2D eigenvalue weighted by Gasteiger charge is 2.14. The third-order valence-corrected chi connectivity index (χ3v) is 5.28. The summed E-state index contributed by atoms with van der Waals surface area (Å²) in [6.07, 6.45) is 0. The van der Waals surface area contributed by atoms with E-state index in [2.05, 4.69) is 4.72 Å². The van der Waals surface area contributed by atoms with Gasteiger partial charge in [-0.2, -0.15) is 0 Å². The quantitative estimate of drug-likeness (QED) is 0.779. The topological polar surface area (TPSA) is 38.3 Å². The van der Waals surface area contributed by atoms with Crippen molar-refractivity contribution in [2.24, 2.45) is 0 Å². The molecule has 21 heavy (non-hydrogen) atoms. The van der Waals surface area contributed by atoms with Crippen LogP contribution < -0.4 is 9.46 Å². The van der Waals surface area contributed by atoms with Gasteiger partial charge >= 0.3 is 0 Å². The first-order chi connectivity index (χ1) is 10.3. The van der Waals surface area contributed by atoms with Crippen molar-refractivity contribution in [1.29, 1.82) is 0 Å². The van der Waals surface area contributed by atoms with E-state index in [1.807, 2.05) is 53.9 Å². The van der Waals surface area contributed by atoms with E-state index in [9.17, 15) is 4.21 Å². The molecule has 0 amide bonds. The third-order valence-electron chi connectivity index (χ3n) is 3.21. The Morgan fingerprint density at radius 3 is 2.76 bits per heavy atom. The minimum absolute atomic E-state index is 0.580. The van der Waals surface area contributed by atoms with Gasteiger partial charge in [0.2, 0.25) is 0 Å². The maximum atomic E-state index is 12.7. The molecule has 5 heteroatoms. The first-order valence-electron chi connectivity index (χ1n) is 6.53. The highest BCUT2D eigenvalue weighted by Crippen LogP contribution is 2.30. The SMILES string of the molecule is COc1ccc2ccccc2c1[S@@](=O)NCc1cccs1. The molecular formula is C16H15NO2S2. The predicted octanol–water partition coefficient (Wildman–Crippen LogP) is 3.72. The molecule has 0 bridgehead atoms. The second-order valence-electron chi connectivity index (χ2n) is 4.49. The highest BCUT2D eigenvalue weighted by atomic mass is 32.2. The van der Waals surface area contributed by atoms with Crippen molar-refractivity contribution in [3.63, 3.8) is 0 Å². The summed E-state index contributed by atoms with van der Waals surface area (Å²) < 4.78 is 21.1. The number of rotatable bonds is 5. The minimum atomic E-state index is -1.32. The predicted molar refractivity (Wildman–Crippen MR) is 88.1 cm³/mol. The maximum absolute atomic E-state index is 12.7. The average Bonchev–Trinajstić information content (AvgIpc) is 3.04. The van der Waals surface area contributed by atoms with Gasteiger partial charge in [0.25, 0.3) is 0 Å². The average molecular weight is 317 g/mol. The van der Waals surface area contributed by atoms with E-state index in [0.29, 0.717) is 17.2 Å². The van der Waals surface area contributed by atoms with Crippen LogP contribution in [0.3, 0.4) is 0 Å². The van der Waals surface area contributed by atoms with Crippen molar-refractivity contribution in [3.8, 4) is 5.75 Å². The molecule has 3 rings (SSSR count). The summed E-state index contributed by atoms with van der Waals surface area (Å²) in [5.41, 5.74) is 0. The first kappa shape index (κ1) is 14.3. The zero-order valence-electron chi connectivity index (χ0n) is 11.5. The van der Waals surface area contributed by atoms with Gasteiger partial charge in [-0.3, -0.25) is 0 Å². The molecule has 108 valence electrons. The lowest BCUT2D eigenvalue weighted by Crippen LogP contribution is -2.17. The molecule has 0 aliphatic heterocycles. The van der Waals surface area contributed by atoms with E-state index in [-0.39, 0.29) is 0 Å². The Kier molecular flexibility index (Phi) is 4.34. The summed E-state index contributed by atoms with van der Waals surface area (Å²) in [6.45, 7) is 0.580. The molecule has 0 radical (unpaired) electrons. The molecule has 0 aliphatic rings. The summed E-state index contributed by atoms with van der Waals surface area (Å²) in [4.78, 5) is 1.86. The molecule has 3 aromatic rings. The zero-order valence-corrected chi connectivity index (χ0v) is 13.2. The van der Waals surface area contributed by atoms with E-state index < -0.39 is 11.0 Å². The molecule has 0 saturated heterocycles. The summed E-state index contributed by atoms with van der Waals surface area (Å²) in [6, 6.07) is 15.8. The number of hydrogen-bond donors (Lipinski definition) is 1. The largest absolute Gasteiger partial charge is 0.495 e. The van der Waals surface area contributed by atoms with Gasteiger partial charge in [0.15, 0.2) is 0 Å². The first-order valence-corrected chi connectivity index (χ1v) is 8.56. The summed E-state index contributed by atoms with van der Waals surface area (Å²) in [7, 11) is 0.279. The van der Waals surface area contributed by atoms with E-state index in [4.69, 9.17) is 4.74 Å². The lowest BCUT2D eigenvalue weighted by atomic mass is 10.1. The summed E-state index contributed by atoms with van der Waals surface area (Å²) in [5, 5.41) is 4.02. The maximum Gasteiger partial charge on any atom is 0.137 e. The van der Waals surface area contributed by atoms with E-state index >= 15 is 0 Å². The normalized spacial score (nSPS) is 12.4. The van der Waals surface area contributed by atoms with Crippen LogP contribution in [0.2, 0.25) is 0 Å². The fourth-order valence-corrected chi connectivity index (χ4v) is 4.08. The molecule has 0 unspecified atom stereocenters. The summed E-state index contributed by atoms with van der Waals surface area (Å²) >= 11 is 1.65. The molecule has 0 fully saturated rings. The molecular weight excluding hydrogens is 302 g/mol. The van der Waals surface area contributed by atoms with Crippen molar-refractivity contribution in [2.75, 3.05) is 7.11 Å². The van der Waals surface area contributed by atoms with Gasteiger partial charge in [-0.05, 0) is 22.9 Å². The van der Waals surface area contributed by atoms with Gasteiger partial charge < -0.3 is 4.74 Å². The zero-order chi connectivity index (χ0) is 14.7. The van der Waals surface area contributed by atoms with Crippen molar-refractivity contribution >= 4 is 33.1 Å². The molecule has 0 aliphatic carbocycles. The van der Waals surface area contributed by atoms with Crippen LogP contribution in [0.5, 0.6) is 5.75 Å². The van der Waals surface area contributed by atoms with Crippen LogP contribution >= 0.6 is 11.3 Å². The van der Waals surface area contributed by atoms with Crippen LogP contribution in [0, 0.1) is 0 Å².